The van der Waals surface area contributed by atoms with Crippen molar-refractivity contribution in [1.82, 2.24) is 20.5 Å². The van der Waals surface area contributed by atoms with Crippen molar-refractivity contribution in [2.75, 3.05) is 39.4 Å². The number of ether oxygens (including phenoxy) is 1. The second-order valence-electron chi connectivity index (χ2n) is 7.51. The van der Waals surface area contributed by atoms with Gasteiger partial charge < -0.3 is 15.4 Å². The van der Waals surface area contributed by atoms with E-state index in [1.54, 1.807) is 11.3 Å². The number of rotatable bonds is 8. The summed E-state index contributed by atoms with van der Waals surface area (Å²) in [5.74, 6) is 1.30. The molecular weight excluding hydrogens is 402 g/mol. The van der Waals surface area contributed by atoms with Gasteiger partial charge in [0.2, 0.25) is 0 Å². The van der Waals surface area contributed by atoms with E-state index in [0.717, 1.165) is 56.1 Å². The molecule has 8 heteroatoms. The largest absolute Gasteiger partial charge is 0.379 e. The van der Waals surface area contributed by atoms with Crippen molar-refractivity contribution < 1.29 is 4.74 Å². The molecule has 160 valence electrons. The van der Waals surface area contributed by atoms with Crippen LogP contribution in [0.4, 0.5) is 0 Å². The molecule has 2 aromatic heterocycles. The number of thiophene rings is 1. The molecule has 0 bridgehead atoms. The van der Waals surface area contributed by atoms with Gasteiger partial charge in [-0.15, -0.1) is 22.7 Å². The van der Waals surface area contributed by atoms with Gasteiger partial charge in [-0.05, 0) is 31.9 Å². The molecule has 0 saturated carbocycles. The van der Waals surface area contributed by atoms with E-state index < -0.39 is 0 Å². The lowest BCUT2D eigenvalue weighted by Crippen LogP contribution is -2.46. The number of aliphatic imine (C=N–C) groups is 1. The first-order valence-corrected chi connectivity index (χ1v) is 12.1. The zero-order valence-corrected chi connectivity index (χ0v) is 19.5. The minimum atomic E-state index is 0.328. The fourth-order valence-corrected chi connectivity index (χ4v) is 5.17. The average Bonchev–Trinajstić information content (AvgIpc) is 3.36. The SMILES string of the molecule is CCNC(=NCc1nc(C(C)C)cs1)NCC(c1ccc(C)s1)N1CCOCC1. The Bertz CT molecular complexity index is 780. The Labute approximate surface area is 182 Å². The van der Waals surface area contributed by atoms with Crippen LogP contribution in [0.25, 0.3) is 0 Å². The molecule has 2 aromatic rings. The van der Waals surface area contributed by atoms with Crippen LogP contribution in [0.15, 0.2) is 22.5 Å². The van der Waals surface area contributed by atoms with Crippen LogP contribution < -0.4 is 10.6 Å². The van der Waals surface area contributed by atoms with Gasteiger partial charge >= 0.3 is 0 Å². The molecule has 1 atom stereocenters. The van der Waals surface area contributed by atoms with Gasteiger partial charge in [-0.3, -0.25) is 4.90 Å². The number of hydrogen-bond donors (Lipinski definition) is 2. The molecule has 6 nitrogen and oxygen atoms in total. The van der Waals surface area contributed by atoms with Crippen LogP contribution in [0.3, 0.4) is 0 Å². The third kappa shape index (κ3) is 6.50. The summed E-state index contributed by atoms with van der Waals surface area (Å²) in [6.07, 6.45) is 0. The number of guanidine groups is 1. The van der Waals surface area contributed by atoms with Crippen LogP contribution >= 0.6 is 22.7 Å². The predicted molar refractivity (Wildman–Crippen MR) is 123 cm³/mol. The monoisotopic (exact) mass is 435 g/mol. The normalized spacial score (nSPS) is 16.9. The molecule has 0 aliphatic carbocycles. The number of hydrogen-bond acceptors (Lipinski definition) is 6. The van der Waals surface area contributed by atoms with E-state index in [4.69, 9.17) is 14.7 Å². The van der Waals surface area contributed by atoms with E-state index in [1.165, 1.54) is 9.75 Å². The van der Waals surface area contributed by atoms with Crippen molar-refractivity contribution in [3.05, 3.63) is 38.0 Å². The van der Waals surface area contributed by atoms with Gasteiger partial charge in [0.25, 0.3) is 0 Å². The molecular formula is C21H33N5OS2. The number of aromatic nitrogens is 1. The molecule has 1 unspecified atom stereocenters. The van der Waals surface area contributed by atoms with Gasteiger partial charge in [0.1, 0.15) is 5.01 Å². The lowest BCUT2D eigenvalue weighted by Gasteiger charge is -2.34. The Balaban J connectivity index is 1.66. The molecule has 1 aliphatic rings. The second-order valence-corrected chi connectivity index (χ2v) is 9.77. The summed E-state index contributed by atoms with van der Waals surface area (Å²) < 4.78 is 5.56. The quantitative estimate of drug-likeness (QED) is 0.488. The van der Waals surface area contributed by atoms with Crippen molar-refractivity contribution >= 4 is 28.6 Å². The van der Waals surface area contributed by atoms with Gasteiger partial charge in [0.15, 0.2) is 5.96 Å². The minimum absolute atomic E-state index is 0.328. The summed E-state index contributed by atoms with van der Waals surface area (Å²) in [7, 11) is 0. The fourth-order valence-electron chi connectivity index (χ4n) is 3.28. The maximum absolute atomic E-state index is 5.56. The van der Waals surface area contributed by atoms with E-state index in [-0.39, 0.29) is 0 Å². The molecule has 2 N–H and O–H groups in total. The van der Waals surface area contributed by atoms with Crippen LogP contribution in [0.1, 0.15) is 53.2 Å². The third-order valence-electron chi connectivity index (χ3n) is 4.92. The number of aryl methyl sites for hydroxylation is 1. The summed E-state index contributed by atoms with van der Waals surface area (Å²) in [6.45, 7) is 14.4. The second kappa shape index (κ2) is 11.1. The highest BCUT2D eigenvalue weighted by molar-refractivity contribution is 7.12. The molecule has 3 rings (SSSR count). The van der Waals surface area contributed by atoms with Gasteiger partial charge in [-0.1, -0.05) is 13.8 Å². The topological polar surface area (TPSA) is 61.8 Å². The van der Waals surface area contributed by atoms with Crippen molar-refractivity contribution in [3.8, 4) is 0 Å². The summed E-state index contributed by atoms with van der Waals surface area (Å²) in [5, 5.41) is 10.1. The van der Waals surface area contributed by atoms with Gasteiger partial charge in [0, 0.05) is 41.3 Å². The molecule has 1 saturated heterocycles. The Hall–Kier alpha value is -1.48. The Kier molecular flexibility index (Phi) is 8.47. The highest BCUT2D eigenvalue weighted by atomic mass is 32.1. The highest BCUT2D eigenvalue weighted by Crippen LogP contribution is 2.28. The molecule has 29 heavy (non-hydrogen) atoms. The molecule has 1 fully saturated rings. The first-order valence-electron chi connectivity index (χ1n) is 10.4. The summed E-state index contributed by atoms with van der Waals surface area (Å²) in [6, 6.07) is 4.80. The van der Waals surface area contributed by atoms with Crippen LogP contribution in [0, 0.1) is 6.92 Å². The van der Waals surface area contributed by atoms with Crippen molar-refractivity contribution in [2.45, 2.75) is 46.2 Å². The third-order valence-corrected chi connectivity index (χ3v) is 6.87. The molecule has 0 radical (unpaired) electrons. The lowest BCUT2D eigenvalue weighted by atomic mass is 10.2. The first kappa shape index (κ1) is 22.2. The van der Waals surface area contributed by atoms with E-state index in [2.05, 4.69) is 60.7 Å². The summed E-state index contributed by atoms with van der Waals surface area (Å²) in [4.78, 5) is 14.7. The van der Waals surface area contributed by atoms with Crippen LogP contribution in [0.5, 0.6) is 0 Å². The summed E-state index contributed by atoms with van der Waals surface area (Å²) in [5.41, 5.74) is 1.15. The molecule has 3 heterocycles. The fraction of sp³-hybridized carbons (Fsp3) is 0.619. The Morgan fingerprint density at radius 1 is 1.28 bits per heavy atom. The van der Waals surface area contributed by atoms with Gasteiger partial charge in [-0.2, -0.15) is 0 Å². The number of thiazole rings is 1. The van der Waals surface area contributed by atoms with Crippen molar-refractivity contribution in [2.24, 2.45) is 4.99 Å². The Morgan fingerprint density at radius 3 is 2.69 bits per heavy atom. The number of nitrogens with one attached hydrogen (secondary N) is 2. The summed E-state index contributed by atoms with van der Waals surface area (Å²) >= 11 is 3.57. The zero-order valence-electron chi connectivity index (χ0n) is 17.9. The molecule has 1 aliphatic heterocycles. The molecule has 0 spiro atoms. The lowest BCUT2D eigenvalue weighted by molar-refractivity contribution is 0.0177. The highest BCUT2D eigenvalue weighted by Gasteiger charge is 2.24. The van der Waals surface area contributed by atoms with Crippen LogP contribution in [-0.4, -0.2) is 55.2 Å². The van der Waals surface area contributed by atoms with Crippen molar-refractivity contribution in [1.29, 1.82) is 0 Å². The maximum atomic E-state index is 5.56. The first-order chi connectivity index (χ1) is 14.1. The zero-order chi connectivity index (χ0) is 20.6. The van der Waals surface area contributed by atoms with E-state index in [0.29, 0.717) is 18.5 Å². The molecule has 0 amide bonds. The standard InChI is InChI=1S/C21H33N5OS2/c1-5-22-21(24-13-20-25-17(14-28-20)15(2)3)23-12-18(19-7-6-16(4)29-19)26-8-10-27-11-9-26/h6-7,14-15,18H,5,8-13H2,1-4H3,(H2,22,23,24). The molecule has 0 aromatic carbocycles. The minimum Gasteiger partial charge on any atom is -0.379 e. The van der Waals surface area contributed by atoms with E-state index in [1.807, 2.05) is 11.3 Å². The number of nitrogens with zero attached hydrogens (tertiary/aromatic N) is 3. The van der Waals surface area contributed by atoms with Gasteiger partial charge in [-0.25, -0.2) is 9.98 Å². The van der Waals surface area contributed by atoms with Crippen LogP contribution in [0.2, 0.25) is 0 Å². The average molecular weight is 436 g/mol. The van der Waals surface area contributed by atoms with Crippen molar-refractivity contribution in [3.63, 3.8) is 0 Å². The van der Waals surface area contributed by atoms with E-state index in [9.17, 15) is 0 Å². The predicted octanol–water partition coefficient (Wildman–Crippen LogP) is 3.77. The Morgan fingerprint density at radius 2 is 2.07 bits per heavy atom. The van der Waals surface area contributed by atoms with Crippen LogP contribution in [-0.2, 0) is 11.3 Å². The maximum Gasteiger partial charge on any atom is 0.191 e. The smallest absolute Gasteiger partial charge is 0.191 e. The number of morpholine rings is 1. The van der Waals surface area contributed by atoms with E-state index >= 15 is 0 Å². The van der Waals surface area contributed by atoms with Gasteiger partial charge in [0.05, 0.1) is 31.5 Å².